The van der Waals surface area contributed by atoms with Gasteiger partial charge in [-0.2, -0.15) is 4.98 Å². The number of aryl methyl sites for hydroxylation is 1. The molecule has 0 radical (unpaired) electrons. The molecule has 0 aliphatic carbocycles. The van der Waals surface area contributed by atoms with E-state index in [1.165, 1.54) is 24.3 Å². The normalized spacial score (nSPS) is 10.4. The van der Waals surface area contributed by atoms with Crippen molar-refractivity contribution in [3.63, 3.8) is 0 Å². The summed E-state index contributed by atoms with van der Waals surface area (Å²) in [5.41, 5.74) is 1.85. The molecule has 3 aromatic rings. The molecule has 0 amide bonds. The maximum atomic E-state index is 13.2. The Bertz CT molecular complexity index is 771. The van der Waals surface area contributed by atoms with Crippen molar-refractivity contribution in [2.24, 2.45) is 0 Å². The minimum atomic E-state index is -0.347. The highest BCUT2D eigenvalue weighted by atomic mass is 19.1. The van der Waals surface area contributed by atoms with Crippen LogP contribution in [0.5, 0.6) is 0 Å². The molecule has 0 atom stereocenters. The molecule has 6 heteroatoms. The van der Waals surface area contributed by atoms with Gasteiger partial charge in [-0.15, -0.1) is 0 Å². The van der Waals surface area contributed by atoms with E-state index in [1.807, 2.05) is 6.92 Å². The van der Waals surface area contributed by atoms with E-state index in [0.717, 1.165) is 5.69 Å². The summed E-state index contributed by atoms with van der Waals surface area (Å²) in [4.78, 5) is 8.56. The van der Waals surface area contributed by atoms with Crippen LogP contribution >= 0.6 is 0 Å². The summed E-state index contributed by atoms with van der Waals surface area (Å²) in [6, 6.07) is 13.8. The monoisotopic (exact) mass is 312 g/mol. The standard InChI is InChI=1S/C17H14F2N4/c1-11-8-16(21-14-6-2-4-12(18)9-14)23-17(20-11)22-15-7-3-5-13(19)10-15/h2-10H,1H3,(H2,20,21,22,23). The fourth-order valence-corrected chi connectivity index (χ4v) is 2.10. The number of benzene rings is 2. The van der Waals surface area contributed by atoms with Crippen LogP contribution in [0.2, 0.25) is 0 Å². The Morgan fingerprint density at radius 2 is 1.39 bits per heavy atom. The van der Waals surface area contributed by atoms with Gasteiger partial charge in [-0.3, -0.25) is 0 Å². The van der Waals surface area contributed by atoms with Crippen molar-refractivity contribution < 1.29 is 8.78 Å². The van der Waals surface area contributed by atoms with Gasteiger partial charge in [0.2, 0.25) is 5.95 Å². The van der Waals surface area contributed by atoms with E-state index in [-0.39, 0.29) is 11.6 Å². The number of anilines is 4. The molecular formula is C17H14F2N4. The number of aromatic nitrogens is 2. The molecule has 0 aliphatic heterocycles. The van der Waals surface area contributed by atoms with Gasteiger partial charge in [-0.1, -0.05) is 12.1 Å². The molecular weight excluding hydrogens is 298 g/mol. The summed E-state index contributed by atoms with van der Waals surface area (Å²) in [7, 11) is 0. The van der Waals surface area contributed by atoms with Crippen molar-refractivity contribution in [3.05, 3.63) is 71.9 Å². The lowest BCUT2D eigenvalue weighted by molar-refractivity contribution is 0.628. The van der Waals surface area contributed by atoms with E-state index in [9.17, 15) is 8.78 Å². The topological polar surface area (TPSA) is 49.8 Å². The molecule has 3 rings (SSSR count). The molecule has 0 saturated heterocycles. The average Bonchev–Trinajstić information content (AvgIpc) is 2.46. The first kappa shape index (κ1) is 14.9. The minimum absolute atomic E-state index is 0.328. The Hall–Kier alpha value is -3.02. The Labute approximate surface area is 132 Å². The number of nitrogens with one attached hydrogen (secondary N) is 2. The van der Waals surface area contributed by atoms with E-state index < -0.39 is 0 Å². The van der Waals surface area contributed by atoms with Gasteiger partial charge < -0.3 is 10.6 Å². The molecule has 0 spiro atoms. The van der Waals surface area contributed by atoms with Crippen LogP contribution in [0.15, 0.2) is 54.6 Å². The highest BCUT2D eigenvalue weighted by molar-refractivity contribution is 5.60. The van der Waals surface area contributed by atoms with Gasteiger partial charge in [0.25, 0.3) is 0 Å². The Balaban J connectivity index is 1.84. The predicted octanol–water partition coefficient (Wildman–Crippen LogP) is 4.55. The van der Waals surface area contributed by atoms with Crippen molar-refractivity contribution in [2.45, 2.75) is 6.92 Å². The lowest BCUT2D eigenvalue weighted by atomic mass is 10.3. The molecule has 2 N–H and O–H groups in total. The van der Waals surface area contributed by atoms with Crippen LogP contribution in [0, 0.1) is 18.6 Å². The molecule has 0 saturated carbocycles. The number of nitrogens with zero attached hydrogens (tertiary/aromatic N) is 2. The number of hydrogen-bond acceptors (Lipinski definition) is 4. The van der Waals surface area contributed by atoms with Crippen LogP contribution < -0.4 is 10.6 Å². The molecule has 2 aromatic carbocycles. The van der Waals surface area contributed by atoms with Crippen molar-refractivity contribution in [3.8, 4) is 0 Å². The first-order chi connectivity index (χ1) is 11.1. The third kappa shape index (κ3) is 4.00. The van der Waals surface area contributed by atoms with E-state index >= 15 is 0 Å². The van der Waals surface area contributed by atoms with E-state index in [1.54, 1.807) is 30.3 Å². The maximum absolute atomic E-state index is 13.2. The molecule has 0 bridgehead atoms. The zero-order valence-corrected chi connectivity index (χ0v) is 12.3. The van der Waals surface area contributed by atoms with E-state index in [4.69, 9.17) is 0 Å². The molecule has 23 heavy (non-hydrogen) atoms. The smallest absolute Gasteiger partial charge is 0.229 e. The number of hydrogen-bond donors (Lipinski definition) is 2. The summed E-state index contributed by atoms with van der Waals surface area (Å²) in [5, 5.41) is 5.96. The predicted molar refractivity (Wildman–Crippen MR) is 86.1 cm³/mol. The second-order valence-electron chi connectivity index (χ2n) is 4.99. The molecule has 0 unspecified atom stereocenters. The van der Waals surface area contributed by atoms with Crippen molar-refractivity contribution in [1.29, 1.82) is 0 Å². The van der Waals surface area contributed by atoms with Gasteiger partial charge >= 0.3 is 0 Å². The van der Waals surface area contributed by atoms with Crippen LogP contribution in [0.3, 0.4) is 0 Å². The Kier molecular flexibility index (Phi) is 4.14. The summed E-state index contributed by atoms with van der Waals surface area (Å²) >= 11 is 0. The van der Waals surface area contributed by atoms with Crippen LogP contribution in [0.25, 0.3) is 0 Å². The molecule has 0 fully saturated rings. The fourth-order valence-electron chi connectivity index (χ4n) is 2.10. The second-order valence-corrected chi connectivity index (χ2v) is 4.99. The molecule has 4 nitrogen and oxygen atoms in total. The first-order valence-electron chi connectivity index (χ1n) is 6.99. The summed E-state index contributed by atoms with van der Waals surface area (Å²) in [6.45, 7) is 1.81. The molecule has 0 aliphatic rings. The molecule has 1 heterocycles. The second kappa shape index (κ2) is 6.39. The quantitative estimate of drug-likeness (QED) is 0.742. The highest BCUT2D eigenvalue weighted by Crippen LogP contribution is 2.20. The van der Waals surface area contributed by atoms with Crippen LogP contribution in [0.1, 0.15) is 5.69 Å². The third-order valence-corrected chi connectivity index (χ3v) is 3.03. The van der Waals surface area contributed by atoms with Crippen molar-refractivity contribution in [2.75, 3.05) is 10.6 Å². The minimum Gasteiger partial charge on any atom is -0.340 e. The van der Waals surface area contributed by atoms with E-state index in [2.05, 4.69) is 20.6 Å². The van der Waals surface area contributed by atoms with Crippen LogP contribution in [-0.2, 0) is 0 Å². The Morgan fingerprint density at radius 1 is 0.783 bits per heavy atom. The van der Waals surface area contributed by atoms with Crippen molar-refractivity contribution in [1.82, 2.24) is 9.97 Å². The number of halogens is 2. The SMILES string of the molecule is Cc1cc(Nc2cccc(F)c2)nc(Nc2cccc(F)c2)n1. The van der Waals surface area contributed by atoms with Crippen LogP contribution in [0.4, 0.5) is 31.9 Å². The van der Waals surface area contributed by atoms with Crippen LogP contribution in [-0.4, -0.2) is 9.97 Å². The first-order valence-corrected chi connectivity index (χ1v) is 6.99. The van der Waals surface area contributed by atoms with Gasteiger partial charge in [0, 0.05) is 23.1 Å². The summed E-state index contributed by atoms with van der Waals surface area (Å²) in [5.74, 6) is 0.163. The fraction of sp³-hybridized carbons (Fsp3) is 0.0588. The average molecular weight is 312 g/mol. The number of rotatable bonds is 4. The van der Waals surface area contributed by atoms with Gasteiger partial charge in [0.05, 0.1) is 0 Å². The lowest BCUT2D eigenvalue weighted by Crippen LogP contribution is -2.02. The Morgan fingerprint density at radius 3 is 2.00 bits per heavy atom. The largest absolute Gasteiger partial charge is 0.340 e. The van der Waals surface area contributed by atoms with Gasteiger partial charge in [-0.25, -0.2) is 13.8 Å². The lowest BCUT2D eigenvalue weighted by Gasteiger charge is -2.10. The van der Waals surface area contributed by atoms with Gasteiger partial charge in [0.15, 0.2) is 0 Å². The van der Waals surface area contributed by atoms with Crippen molar-refractivity contribution >= 4 is 23.1 Å². The molecule has 116 valence electrons. The molecule has 1 aromatic heterocycles. The van der Waals surface area contributed by atoms with Gasteiger partial charge in [-0.05, 0) is 43.3 Å². The van der Waals surface area contributed by atoms with E-state index in [0.29, 0.717) is 23.1 Å². The summed E-state index contributed by atoms with van der Waals surface area (Å²) in [6.07, 6.45) is 0. The third-order valence-electron chi connectivity index (χ3n) is 3.03. The maximum Gasteiger partial charge on any atom is 0.229 e. The zero-order chi connectivity index (χ0) is 16.2. The van der Waals surface area contributed by atoms with Gasteiger partial charge in [0.1, 0.15) is 17.5 Å². The summed E-state index contributed by atoms with van der Waals surface area (Å²) < 4.78 is 26.5. The zero-order valence-electron chi connectivity index (χ0n) is 12.3. The highest BCUT2D eigenvalue weighted by Gasteiger charge is 2.05.